The summed E-state index contributed by atoms with van der Waals surface area (Å²) in [4.78, 5) is 7.38. The molecule has 2 N–H and O–H groups in total. The quantitative estimate of drug-likeness (QED) is 0.305. The third-order valence-electron chi connectivity index (χ3n) is 7.65. The zero-order chi connectivity index (χ0) is 26.1. The van der Waals surface area contributed by atoms with Crippen molar-refractivity contribution in [3.8, 4) is 11.1 Å². The molecule has 1 unspecified atom stereocenters. The van der Waals surface area contributed by atoms with Gasteiger partial charge in [0.05, 0.1) is 11.0 Å². The van der Waals surface area contributed by atoms with Crippen LogP contribution in [0.5, 0.6) is 0 Å². The SMILES string of the molecule is Cc1ccc(C)c(Cn2c(C(O)c3ccccc3)nc3ccc(-c4ccc(N5CCNCC5)cc4)cc32)c1. The summed E-state index contributed by atoms with van der Waals surface area (Å²) in [7, 11) is 0. The van der Waals surface area contributed by atoms with E-state index < -0.39 is 6.10 Å². The predicted molar refractivity (Wildman–Crippen MR) is 156 cm³/mol. The van der Waals surface area contributed by atoms with Crippen LogP contribution < -0.4 is 10.2 Å². The molecule has 5 heteroatoms. The Kier molecular flexibility index (Phi) is 6.71. The van der Waals surface area contributed by atoms with Crippen molar-refractivity contribution in [1.29, 1.82) is 0 Å². The van der Waals surface area contributed by atoms with Crippen LogP contribution in [0.3, 0.4) is 0 Å². The molecule has 2 heterocycles. The van der Waals surface area contributed by atoms with E-state index >= 15 is 0 Å². The van der Waals surface area contributed by atoms with Gasteiger partial charge in [0.15, 0.2) is 0 Å². The van der Waals surface area contributed by atoms with E-state index in [1.54, 1.807) is 0 Å². The Labute approximate surface area is 224 Å². The first-order valence-electron chi connectivity index (χ1n) is 13.4. The highest BCUT2D eigenvalue weighted by Crippen LogP contribution is 2.31. The molecule has 6 rings (SSSR count). The van der Waals surface area contributed by atoms with Gasteiger partial charge in [-0.3, -0.25) is 0 Å². The third-order valence-corrected chi connectivity index (χ3v) is 7.65. The number of aromatic nitrogens is 2. The minimum absolute atomic E-state index is 0.647. The molecule has 0 aliphatic carbocycles. The molecule has 0 saturated carbocycles. The summed E-state index contributed by atoms with van der Waals surface area (Å²) < 4.78 is 2.19. The maximum Gasteiger partial charge on any atom is 0.143 e. The molecule has 192 valence electrons. The summed E-state index contributed by atoms with van der Waals surface area (Å²) in [5, 5.41) is 14.8. The number of aryl methyl sites for hydroxylation is 2. The Morgan fingerprint density at radius 3 is 2.34 bits per heavy atom. The highest BCUT2D eigenvalue weighted by atomic mass is 16.3. The van der Waals surface area contributed by atoms with Crippen LogP contribution in [-0.2, 0) is 6.54 Å². The molecule has 0 spiro atoms. The topological polar surface area (TPSA) is 53.3 Å². The number of piperazine rings is 1. The maximum atomic E-state index is 11.4. The molecule has 38 heavy (non-hydrogen) atoms. The Bertz CT molecular complexity index is 1550. The third kappa shape index (κ3) is 4.83. The largest absolute Gasteiger partial charge is 0.380 e. The first kappa shape index (κ1) is 24.4. The van der Waals surface area contributed by atoms with Gasteiger partial charge in [-0.2, -0.15) is 0 Å². The van der Waals surface area contributed by atoms with Crippen LogP contribution in [0.2, 0.25) is 0 Å². The molecule has 1 atom stereocenters. The maximum absolute atomic E-state index is 11.4. The minimum Gasteiger partial charge on any atom is -0.380 e. The lowest BCUT2D eigenvalue weighted by molar-refractivity contribution is 0.206. The number of hydrogen-bond donors (Lipinski definition) is 2. The highest BCUT2D eigenvalue weighted by Gasteiger charge is 2.21. The number of aliphatic hydroxyl groups excluding tert-OH is 1. The summed E-state index contributed by atoms with van der Waals surface area (Å²) in [6.45, 7) is 9.04. The van der Waals surface area contributed by atoms with E-state index in [1.807, 2.05) is 30.3 Å². The monoisotopic (exact) mass is 502 g/mol. The number of nitrogens with zero attached hydrogens (tertiary/aromatic N) is 3. The van der Waals surface area contributed by atoms with Gasteiger partial charge in [0.25, 0.3) is 0 Å². The van der Waals surface area contributed by atoms with Gasteiger partial charge in [-0.25, -0.2) is 4.98 Å². The van der Waals surface area contributed by atoms with Crippen molar-refractivity contribution < 1.29 is 5.11 Å². The van der Waals surface area contributed by atoms with Crippen LogP contribution >= 0.6 is 0 Å². The van der Waals surface area contributed by atoms with E-state index in [1.165, 1.54) is 27.9 Å². The number of hydrogen-bond acceptors (Lipinski definition) is 4. The summed E-state index contributed by atoms with van der Waals surface area (Å²) >= 11 is 0. The lowest BCUT2D eigenvalue weighted by Gasteiger charge is -2.29. The van der Waals surface area contributed by atoms with E-state index in [9.17, 15) is 5.11 Å². The van der Waals surface area contributed by atoms with Gasteiger partial charge in [-0.15, -0.1) is 0 Å². The van der Waals surface area contributed by atoms with Gasteiger partial charge in [-0.05, 0) is 65.9 Å². The van der Waals surface area contributed by atoms with Gasteiger partial charge in [0, 0.05) is 38.4 Å². The van der Waals surface area contributed by atoms with Crippen LogP contribution in [0, 0.1) is 13.8 Å². The lowest BCUT2D eigenvalue weighted by Crippen LogP contribution is -2.43. The average Bonchev–Trinajstić information content (AvgIpc) is 3.33. The minimum atomic E-state index is -0.810. The Balaban J connectivity index is 1.42. The lowest BCUT2D eigenvalue weighted by atomic mass is 10.0. The fraction of sp³-hybridized carbons (Fsp3) is 0.242. The number of nitrogens with one attached hydrogen (secondary N) is 1. The summed E-state index contributed by atoms with van der Waals surface area (Å²) in [5.74, 6) is 0.665. The molecule has 0 radical (unpaired) electrons. The van der Waals surface area contributed by atoms with Gasteiger partial charge in [-0.1, -0.05) is 72.3 Å². The first-order chi connectivity index (χ1) is 18.6. The summed E-state index contributed by atoms with van der Waals surface area (Å²) in [6, 6.07) is 31.6. The highest BCUT2D eigenvalue weighted by molar-refractivity contribution is 5.83. The molecule has 1 aliphatic heterocycles. The van der Waals surface area contributed by atoms with Crippen LogP contribution in [0.1, 0.15) is 34.2 Å². The van der Waals surface area contributed by atoms with Crippen molar-refractivity contribution in [3.05, 3.63) is 119 Å². The van der Waals surface area contributed by atoms with Gasteiger partial charge in [0.2, 0.25) is 0 Å². The predicted octanol–water partition coefficient (Wildman–Crippen LogP) is 5.86. The molecule has 1 aromatic heterocycles. The van der Waals surface area contributed by atoms with Crippen molar-refractivity contribution in [1.82, 2.24) is 14.9 Å². The fourth-order valence-electron chi connectivity index (χ4n) is 5.41. The van der Waals surface area contributed by atoms with Crippen molar-refractivity contribution in [2.75, 3.05) is 31.1 Å². The van der Waals surface area contributed by atoms with Crippen molar-refractivity contribution in [2.24, 2.45) is 0 Å². The number of rotatable bonds is 6. The molecule has 1 aliphatic rings. The second-order valence-electron chi connectivity index (χ2n) is 10.3. The van der Waals surface area contributed by atoms with E-state index in [0.29, 0.717) is 12.4 Å². The number of fused-ring (bicyclic) bond motifs is 1. The Morgan fingerprint density at radius 1 is 0.842 bits per heavy atom. The van der Waals surface area contributed by atoms with Gasteiger partial charge >= 0.3 is 0 Å². The summed E-state index contributed by atoms with van der Waals surface area (Å²) in [5.41, 5.74) is 10.0. The van der Waals surface area contributed by atoms with Crippen molar-refractivity contribution in [2.45, 2.75) is 26.5 Å². The van der Waals surface area contributed by atoms with E-state index in [2.05, 4.69) is 89.3 Å². The number of aliphatic hydroxyl groups is 1. The molecule has 4 aromatic carbocycles. The molecule has 0 bridgehead atoms. The van der Waals surface area contributed by atoms with Crippen LogP contribution in [0.15, 0.2) is 91.0 Å². The normalized spacial score (nSPS) is 14.7. The molecular weight excluding hydrogens is 468 g/mol. The van der Waals surface area contributed by atoms with Crippen LogP contribution in [0.25, 0.3) is 22.2 Å². The zero-order valence-corrected chi connectivity index (χ0v) is 22.1. The molecule has 1 saturated heterocycles. The molecule has 5 nitrogen and oxygen atoms in total. The van der Waals surface area contributed by atoms with E-state index in [0.717, 1.165) is 48.3 Å². The van der Waals surface area contributed by atoms with Gasteiger partial charge < -0.3 is 19.9 Å². The van der Waals surface area contributed by atoms with Gasteiger partial charge in [0.1, 0.15) is 11.9 Å². The first-order valence-corrected chi connectivity index (χ1v) is 13.4. The van der Waals surface area contributed by atoms with Crippen LogP contribution in [-0.4, -0.2) is 40.8 Å². The molecular formula is C33H34N4O. The molecule has 1 fully saturated rings. The smallest absolute Gasteiger partial charge is 0.143 e. The van der Waals surface area contributed by atoms with E-state index in [-0.39, 0.29) is 0 Å². The number of anilines is 1. The van der Waals surface area contributed by atoms with E-state index in [4.69, 9.17) is 4.98 Å². The van der Waals surface area contributed by atoms with Crippen LogP contribution in [0.4, 0.5) is 5.69 Å². The standard InChI is InChI=1S/C33H34N4O/c1-23-8-9-24(2)28(20-23)22-37-31-21-27(25-10-13-29(14-11-25)36-18-16-34-17-19-36)12-15-30(31)35-33(37)32(38)26-6-4-3-5-7-26/h3-15,20-21,32,34,38H,16-19,22H2,1-2H3. The number of imidazole rings is 1. The zero-order valence-electron chi connectivity index (χ0n) is 22.1. The summed E-state index contributed by atoms with van der Waals surface area (Å²) in [6.07, 6.45) is -0.810. The fourth-order valence-corrected chi connectivity index (χ4v) is 5.41. The Morgan fingerprint density at radius 2 is 1.58 bits per heavy atom. The number of benzene rings is 4. The molecule has 0 amide bonds. The van der Waals surface area contributed by atoms with Crippen molar-refractivity contribution >= 4 is 16.7 Å². The Hall–Kier alpha value is -3.93. The van der Waals surface area contributed by atoms with Crippen molar-refractivity contribution in [3.63, 3.8) is 0 Å². The molecule has 5 aromatic rings. The second kappa shape index (κ2) is 10.4. The average molecular weight is 503 g/mol. The second-order valence-corrected chi connectivity index (χ2v) is 10.3.